The van der Waals surface area contributed by atoms with Crippen LogP contribution in [-0.4, -0.2) is 84.8 Å². The Kier molecular flexibility index (Phi) is 7.87. The Morgan fingerprint density at radius 3 is 0.778 bits per heavy atom. The highest BCUT2D eigenvalue weighted by molar-refractivity contribution is 5.17. The van der Waals surface area contributed by atoms with E-state index in [-0.39, 0.29) is 14.1 Å². The summed E-state index contributed by atoms with van der Waals surface area (Å²) in [5, 5.41) is 11.0. The third-order valence-corrected chi connectivity index (χ3v) is 4.16. The summed E-state index contributed by atoms with van der Waals surface area (Å²) in [6.07, 6.45) is -8.02. The van der Waals surface area contributed by atoms with E-state index in [1.165, 1.54) is 0 Å². The highest BCUT2D eigenvalue weighted by Crippen LogP contribution is 2.66. The van der Waals surface area contributed by atoms with Gasteiger partial charge >= 0.3 is 59.5 Å². The molecule has 0 aliphatic heterocycles. The first-order valence-electron chi connectivity index (χ1n) is 7.97. The molecule has 0 aromatic rings. The van der Waals surface area contributed by atoms with Crippen LogP contribution in [0.4, 0.5) is 92.2 Å². The quantitative estimate of drug-likeness (QED) is 0.155. The molecular weight excluding hydrogens is 585 g/mol. The number of rotatable bonds is 10. The molecule has 218 valence electrons. The van der Waals surface area contributed by atoms with Gasteiger partial charge in [-0.1, -0.05) is 0 Å². The molecule has 36 heavy (non-hydrogen) atoms. The first-order chi connectivity index (χ1) is 15.0. The topological polar surface area (TPSA) is 23.1 Å². The largest absolute Gasteiger partial charge is 0.633 e. The van der Waals surface area contributed by atoms with E-state index in [1.54, 1.807) is 0 Å². The summed E-state index contributed by atoms with van der Waals surface area (Å²) in [6.45, 7) is -3.22. The Balaban J connectivity index is 7.06. The van der Waals surface area contributed by atoms with E-state index in [9.17, 15) is 97.4 Å². The highest BCUT2D eigenvalue weighted by Gasteiger charge is 2.98. The molecule has 0 saturated heterocycles. The van der Waals surface area contributed by atoms with E-state index in [0.717, 1.165) is 0 Å². The van der Waals surface area contributed by atoms with Crippen LogP contribution in [0, 0.1) is 5.21 Å². The van der Waals surface area contributed by atoms with Gasteiger partial charge in [0.2, 0.25) is 0 Å². The van der Waals surface area contributed by atoms with Gasteiger partial charge in [0.1, 0.15) is 6.54 Å². The van der Waals surface area contributed by atoms with E-state index in [1.807, 2.05) is 0 Å². The molecule has 0 N–H and O–H groups in total. The van der Waals surface area contributed by atoms with Crippen LogP contribution < -0.4 is 0 Å². The molecule has 0 bridgehead atoms. The van der Waals surface area contributed by atoms with Gasteiger partial charge in [0, 0.05) is 0 Å². The van der Waals surface area contributed by atoms with Crippen molar-refractivity contribution in [1.82, 2.24) is 0 Å². The summed E-state index contributed by atoms with van der Waals surface area (Å²) in [6, 6.07) is 0. The second-order valence-corrected chi connectivity index (χ2v) is 7.53. The lowest BCUT2D eigenvalue weighted by molar-refractivity contribution is -0.851. The molecule has 23 heteroatoms. The Labute approximate surface area is 183 Å². The number of alkyl halides is 21. The minimum absolute atomic E-state index is 0.0769. The van der Waals surface area contributed by atoms with Gasteiger partial charge in [-0.15, -0.1) is 0 Å². The third kappa shape index (κ3) is 4.40. The highest BCUT2D eigenvalue weighted by atomic mass is 19.4. The first-order valence-corrected chi connectivity index (χ1v) is 7.97. The van der Waals surface area contributed by atoms with E-state index >= 15 is 0 Å². The summed E-state index contributed by atoms with van der Waals surface area (Å²) < 4.78 is 272. The van der Waals surface area contributed by atoms with E-state index in [2.05, 4.69) is 0 Å². The van der Waals surface area contributed by atoms with Crippen molar-refractivity contribution in [2.75, 3.05) is 20.6 Å². The lowest BCUT2D eigenvalue weighted by Gasteiger charge is -2.45. The summed E-state index contributed by atoms with van der Waals surface area (Å²) in [7, 11) is -0.154. The fourth-order valence-electron chi connectivity index (χ4n) is 2.17. The molecule has 0 atom stereocenters. The maximum atomic E-state index is 13.5. The number of nitrogens with zero attached hydrogens (tertiary/aromatic N) is 1. The normalized spacial score (nSPS) is 17.0. The van der Waals surface area contributed by atoms with Crippen LogP contribution in [0.3, 0.4) is 0 Å². The summed E-state index contributed by atoms with van der Waals surface area (Å²) >= 11 is 0. The van der Waals surface area contributed by atoms with Crippen LogP contribution >= 0.6 is 0 Å². The Morgan fingerprint density at radius 1 is 0.389 bits per heavy atom. The Hall–Kier alpha value is -1.55. The van der Waals surface area contributed by atoms with Crippen LogP contribution in [0.15, 0.2) is 0 Å². The Bertz CT molecular complexity index is 804. The van der Waals surface area contributed by atoms with Gasteiger partial charge < -0.3 is 9.85 Å². The van der Waals surface area contributed by atoms with E-state index < -0.39 is 70.7 Å². The fraction of sp³-hybridized carbons (Fsp3) is 1.00. The summed E-state index contributed by atoms with van der Waals surface area (Å²) in [5.74, 6) is -77.5. The summed E-state index contributed by atoms with van der Waals surface area (Å²) in [4.78, 5) is 0. The molecule has 0 rings (SSSR count). The monoisotopic (exact) mass is 593 g/mol. The molecule has 0 aromatic heterocycles. The second-order valence-electron chi connectivity index (χ2n) is 7.53. The zero-order chi connectivity index (χ0) is 30.2. The van der Waals surface area contributed by atoms with Crippen molar-refractivity contribution in [2.45, 2.75) is 59.5 Å². The molecule has 0 aromatic carbocycles. The van der Waals surface area contributed by atoms with Gasteiger partial charge in [-0.05, 0) is 0 Å². The van der Waals surface area contributed by atoms with Crippen molar-refractivity contribution in [3.8, 4) is 0 Å². The van der Waals surface area contributed by atoms with Gasteiger partial charge in [-0.3, -0.25) is 0 Å². The lowest BCUT2D eigenvalue weighted by Crippen LogP contribution is -2.77. The molecule has 0 heterocycles. The van der Waals surface area contributed by atoms with Crippen molar-refractivity contribution in [3.05, 3.63) is 5.21 Å². The molecule has 0 amide bonds. The van der Waals surface area contributed by atoms with Gasteiger partial charge in [0.25, 0.3) is 0 Å². The number of halogens is 21. The number of hydrogen-bond acceptors (Lipinski definition) is 1. The molecule has 0 radical (unpaired) electrons. The molecular formula is C13H8F21NO. The van der Waals surface area contributed by atoms with E-state index in [4.69, 9.17) is 0 Å². The van der Waals surface area contributed by atoms with E-state index in [0.29, 0.717) is 0 Å². The Morgan fingerprint density at radius 2 is 0.583 bits per heavy atom. The van der Waals surface area contributed by atoms with Crippen molar-refractivity contribution in [2.24, 2.45) is 0 Å². The molecule has 0 unspecified atom stereocenters. The minimum Gasteiger partial charge on any atom is -0.633 e. The van der Waals surface area contributed by atoms with Gasteiger partial charge in [0.05, 0.1) is 14.1 Å². The smallest absolute Gasteiger partial charge is 0.460 e. The zero-order valence-electron chi connectivity index (χ0n) is 16.5. The van der Waals surface area contributed by atoms with Crippen molar-refractivity contribution in [1.29, 1.82) is 0 Å². The van der Waals surface area contributed by atoms with Gasteiger partial charge in [-0.25, -0.2) is 0 Å². The van der Waals surface area contributed by atoms with Crippen LogP contribution in [0.25, 0.3) is 0 Å². The molecule has 0 aliphatic carbocycles. The maximum absolute atomic E-state index is 13.5. The molecule has 2 nitrogen and oxygen atoms in total. The van der Waals surface area contributed by atoms with Gasteiger partial charge in [0.15, 0.2) is 0 Å². The van der Waals surface area contributed by atoms with Crippen molar-refractivity contribution in [3.63, 3.8) is 0 Å². The van der Waals surface area contributed by atoms with Crippen LogP contribution in [0.1, 0.15) is 0 Å². The fourth-order valence-corrected chi connectivity index (χ4v) is 2.17. The minimum atomic E-state index is -9.20. The van der Waals surface area contributed by atoms with Crippen LogP contribution in [-0.2, 0) is 0 Å². The maximum Gasteiger partial charge on any atom is 0.460 e. The zero-order valence-corrected chi connectivity index (χ0v) is 16.5. The lowest BCUT2D eigenvalue weighted by atomic mass is 9.86. The molecule has 0 spiro atoms. The second kappa shape index (κ2) is 8.22. The molecule has 0 saturated carbocycles. The van der Waals surface area contributed by atoms with Gasteiger partial charge in [-0.2, -0.15) is 92.2 Å². The number of quaternary nitrogens is 1. The van der Waals surface area contributed by atoms with Crippen LogP contribution in [0.5, 0.6) is 0 Å². The number of hydroxylamine groups is 3. The van der Waals surface area contributed by atoms with Crippen molar-refractivity contribution < 1.29 is 96.8 Å². The molecule has 0 fully saturated rings. The predicted molar refractivity (Wildman–Crippen MR) is 70.9 cm³/mol. The third-order valence-electron chi connectivity index (χ3n) is 4.16. The number of hydrogen-bond donors (Lipinski definition) is 0. The average molecular weight is 593 g/mol. The first kappa shape index (κ1) is 34.4. The van der Waals surface area contributed by atoms with Crippen molar-refractivity contribution >= 4 is 0 Å². The molecule has 0 aliphatic rings. The average Bonchev–Trinajstić information content (AvgIpc) is 2.57. The standard InChI is InChI=1S/C13H8F21NO/c1-35(2,36)3-4(14,15)5(16,17)6(18,19)7(20,21)8(22,23)9(24,25)10(26,27)11(28,29)12(30,31)13(32,33)34/h3H2,1-2H3. The van der Waals surface area contributed by atoms with Crippen LogP contribution in [0.2, 0.25) is 0 Å². The SMILES string of the molecule is C[N+](C)([O-])CC(F)(F)C(F)(F)C(F)(F)C(F)(F)C(F)(F)C(F)(F)C(F)(F)C(F)(F)C(F)(F)C(F)(F)F. The summed E-state index contributed by atoms with van der Waals surface area (Å²) in [5.41, 5.74) is 0. The predicted octanol–water partition coefficient (Wildman–Crippen LogP) is 6.84.